The third-order valence-corrected chi connectivity index (χ3v) is 4.28. The van der Waals surface area contributed by atoms with Crippen molar-refractivity contribution < 1.29 is 27.5 Å². The van der Waals surface area contributed by atoms with Crippen LogP contribution < -0.4 is 5.32 Å². The Hall–Kier alpha value is -2.64. The van der Waals surface area contributed by atoms with Crippen LogP contribution in [0.15, 0.2) is 24.5 Å². The monoisotopic (exact) mass is 492 g/mol. The van der Waals surface area contributed by atoms with Crippen LogP contribution in [0, 0.1) is 33.1 Å². The lowest BCUT2D eigenvalue weighted by atomic mass is 10.0. The van der Waals surface area contributed by atoms with E-state index in [1.54, 1.807) is 22.6 Å². The summed E-state index contributed by atoms with van der Waals surface area (Å²) >= 11 is 1.62. The molecule has 0 saturated carbocycles. The Kier molecular flexibility index (Phi) is 5.77. The molecule has 1 heterocycles. The SMILES string of the molecule is C#C[C@](O)(Cn1cc(F)cn1)C(=O)Nc1cc(C(F)(F)F)c(C#N)cc1I. The molecule has 1 atom stereocenters. The zero-order chi connectivity index (χ0) is 20.4. The molecule has 0 spiro atoms. The molecule has 1 aromatic carbocycles. The van der Waals surface area contributed by atoms with Crippen LogP contribution in [0.1, 0.15) is 11.1 Å². The summed E-state index contributed by atoms with van der Waals surface area (Å²) in [5, 5.41) is 24.8. The van der Waals surface area contributed by atoms with E-state index in [1.807, 2.05) is 5.92 Å². The van der Waals surface area contributed by atoms with Crippen molar-refractivity contribution in [1.29, 1.82) is 5.26 Å². The van der Waals surface area contributed by atoms with Gasteiger partial charge in [-0.25, -0.2) is 4.39 Å². The number of carbonyl (C=O) groups is 1. The van der Waals surface area contributed by atoms with Crippen LogP contribution in [0.4, 0.5) is 23.2 Å². The highest BCUT2D eigenvalue weighted by atomic mass is 127. The van der Waals surface area contributed by atoms with Gasteiger partial charge in [-0.1, -0.05) is 5.92 Å². The van der Waals surface area contributed by atoms with Crippen molar-refractivity contribution in [3.05, 3.63) is 45.0 Å². The van der Waals surface area contributed by atoms with Crippen LogP contribution >= 0.6 is 22.6 Å². The fraction of sp³-hybridized carbons (Fsp3) is 0.188. The molecule has 11 heteroatoms. The van der Waals surface area contributed by atoms with Gasteiger partial charge in [0.1, 0.15) is 0 Å². The third kappa shape index (κ3) is 4.56. The number of carbonyl (C=O) groups excluding carboxylic acids is 1. The van der Waals surface area contributed by atoms with E-state index < -0.39 is 41.2 Å². The maximum absolute atomic E-state index is 13.1. The average Bonchev–Trinajstić information content (AvgIpc) is 2.99. The first kappa shape index (κ1) is 20.7. The molecule has 0 radical (unpaired) electrons. The van der Waals surface area contributed by atoms with Crippen LogP contribution in [0.5, 0.6) is 0 Å². The van der Waals surface area contributed by atoms with Gasteiger partial charge >= 0.3 is 6.18 Å². The number of anilines is 1. The number of hydrogen-bond acceptors (Lipinski definition) is 4. The molecule has 27 heavy (non-hydrogen) atoms. The molecule has 0 aliphatic heterocycles. The predicted octanol–water partition coefficient (Wildman–Crippen LogP) is 2.52. The number of nitriles is 1. The Morgan fingerprint density at radius 2 is 2.11 bits per heavy atom. The number of amides is 1. The van der Waals surface area contributed by atoms with Gasteiger partial charge in [-0.05, 0) is 34.7 Å². The van der Waals surface area contributed by atoms with E-state index >= 15 is 0 Å². The Morgan fingerprint density at radius 3 is 2.59 bits per heavy atom. The Labute approximate surface area is 163 Å². The lowest BCUT2D eigenvalue weighted by Gasteiger charge is -2.22. The average molecular weight is 492 g/mol. The minimum absolute atomic E-state index is 0.120. The van der Waals surface area contributed by atoms with Crippen molar-refractivity contribution in [2.24, 2.45) is 0 Å². The second kappa shape index (κ2) is 7.54. The first-order valence-corrected chi connectivity index (χ1v) is 8.08. The number of nitrogens with one attached hydrogen (secondary N) is 1. The lowest BCUT2D eigenvalue weighted by Crippen LogP contribution is -2.45. The predicted molar refractivity (Wildman–Crippen MR) is 93.5 cm³/mol. The number of aliphatic hydroxyl groups is 1. The molecule has 6 nitrogen and oxygen atoms in total. The maximum Gasteiger partial charge on any atom is 0.417 e. The minimum Gasteiger partial charge on any atom is -0.368 e. The molecule has 2 aromatic rings. The van der Waals surface area contributed by atoms with Crippen molar-refractivity contribution in [2.45, 2.75) is 18.3 Å². The fourth-order valence-electron chi connectivity index (χ4n) is 2.06. The van der Waals surface area contributed by atoms with Crippen LogP contribution in [0.3, 0.4) is 0 Å². The van der Waals surface area contributed by atoms with Gasteiger partial charge in [-0.2, -0.15) is 23.5 Å². The number of aromatic nitrogens is 2. The largest absolute Gasteiger partial charge is 0.417 e. The summed E-state index contributed by atoms with van der Waals surface area (Å²) in [6, 6.07) is 2.95. The van der Waals surface area contributed by atoms with Gasteiger partial charge in [0, 0.05) is 3.57 Å². The zero-order valence-corrected chi connectivity index (χ0v) is 15.3. The lowest BCUT2D eigenvalue weighted by molar-refractivity contribution is -0.137. The highest BCUT2D eigenvalue weighted by Crippen LogP contribution is 2.35. The van der Waals surface area contributed by atoms with E-state index in [4.69, 9.17) is 11.7 Å². The number of terminal acetylenes is 1. The summed E-state index contributed by atoms with van der Waals surface area (Å²) < 4.78 is 53.2. The summed E-state index contributed by atoms with van der Waals surface area (Å²) in [6.07, 6.45) is 2.05. The van der Waals surface area contributed by atoms with Gasteiger partial charge in [-0.15, -0.1) is 6.42 Å². The van der Waals surface area contributed by atoms with Crippen molar-refractivity contribution in [2.75, 3.05) is 5.32 Å². The normalized spacial score (nSPS) is 13.3. The Bertz CT molecular complexity index is 974. The van der Waals surface area contributed by atoms with Crippen LogP contribution in [-0.2, 0) is 17.5 Å². The van der Waals surface area contributed by atoms with Crippen LogP contribution in [0.25, 0.3) is 0 Å². The van der Waals surface area contributed by atoms with Gasteiger partial charge in [0.2, 0.25) is 5.60 Å². The molecule has 140 valence electrons. The molecule has 2 N–H and O–H groups in total. The summed E-state index contributed by atoms with van der Waals surface area (Å²) in [6.45, 7) is -0.627. The van der Waals surface area contributed by atoms with Gasteiger partial charge < -0.3 is 10.4 Å². The summed E-state index contributed by atoms with van der Waals surface area (Å²) in [7, 11) is 0. The Balaban J connectivity index is 2.36. The molecule has 0 aliphatic carbocycles. The van der Waals surface area contributed by atoms with E-state index in [1.165, 1.54) is 6.07 Å². The number of alkyl halides is 3. The van der Waals surface area contributed by atoms with E-state index in [0.717, 1.165) is 23.1 Å². The van der Waals surface area contributed by atoms with Gasteiger partial charge in [-0.3, -0.25) is 9.48 Å². The molecular weight excluding hydrogens is 483 g/mol. The highest BCUT2D eigenvalue weighted by molar-refractivity contribution is 14.1. The molecular formula is C16H9F4IN4O2. The van der Waals surface area contributed by atoms with Crippen LogP contribution in [-0.4, -0.2) is 26.4 Å². The van der Waals surface area contributed by atoms with Crippen molar-refractivity contribution in [3.8, 4) is 18.4 Å². The van der Waals surface area contributed by atoms with Gasteiger partial charge in [0.05, 0.1) is 41.8 Å². The van der Waals surface area contributed by atoms with Gasteiger partial charge in [0.25, 0.3) is 5.91 Å². The molecule has 0 bridgehead atoms. The molecule has 1 aromatic heterocycles. The van der Waals surface area contributed by atoms with Crippen molar-refractivity contribution in [3.63, 3.8) is 0 Å². The number of halogens is 5. The zero-order valence-electron chi connectivity index (χ0n) is 13.2. The maximum atomic E-state index is 13.1. The molecule has 1 amide bonds. The molecule has 0 fully saturated rings. The smallest absolute Gasteiger partial charge is 0.368 e. The summed E-state index contributed by atoms with van der Waals surface area (Å²) in [5.74, 6) is -0.115. The van der Waals surface area contributed by atoms with E-state index in [2.05, 4.69) is 10.4 Å². The van der Waals surface area contributed by atoms with Crippen LogP contribution in [0.2, 0.25) is 0 Å². The molecule has 0 unspecified atom stereocenters. The number of benzene rings is 1. The number of rotatable bonds is 4. The third-order valence-electron chi connectivity index (χ3n) is 3.39. The second-order valence-electron chi connectivity index (χ2n) is 5.30. The fourth-order valence-corrected chi connectivity index (χ4v) is 2.67. The first-order valence-electron chi connectivity index (χ1n) is 7.00. The second-order valence-corrected chi connectivity index (χ2v) is 6.46. The number of hydrogen-bond donors (Lipinski definition) is 2. The van der Waals surface area contributed by atoms with Crippen molar-refractivity contribution in [1.82, 2.24) is 9.78 Å². The van der Waals surface area contributed by atoms with Gasteiger partial charge in [0.15, 0.2) is 5.82 Å². The Morgan fingerprint density at radius 1 is 1.44 bits per heavy atom. The van der Waals surface area contributed by atoms with Crippen molar-refractivity contribution >= 4 is 34.2 Å². The standard InChI is InChI=1S/C16H9F4IN4O2/c1-2-15(27,8-25-7-10(17)6-23-25)14(26)24-13-4-11(16(18,19)20)9(5-22)3-12(13)21/h1,3-4,6-7,27H,8H2,(H,24,26)/t15-/m0/s1. The quantitative estimate of drug-likeness (QED) is 0.390. The summed E-state index contributed by atoms with van der Waals surface area (Å²) in [4.78, 5) is 12.4. The minimum atomic E-state index is -4.83. The highest BCUT2D eigenvalue weighted by Gasteiger charge is 2.37. The first-order chi connectivity index (χ1) is 12.5. The molecule has 2 rings (SSSR count). The van der Waals surface area contributed by atoms with E-state index in [-0.39, 0.29) is 9.26 Å². The molecule has 0 aliphatic rings. The number of nitrogens with zero attached hydrogens (tertiary/aromatic N) is 3. The topological polar surface area (TPSA) is 90.9 Å². The van der Waals surface area contributed by atoms with E-state index in [9.17, 15) is 27.5 Å². The molecule has 0 saturated heterocycles. The van der Waals surface area contributed by atoms with E-state index in [0.29, 0.717) is 6.07 Å². The summed E-state index contributed by atoms with van der Waals surface area (Å²) in [5.41, 5.74) is -4.68.